The normalized spacial score (nSPS) is 12.6. The second kappa shape index (κ2) is 5.83. The predicted octanol–water partition coefficient (Wildman–Crippen LogP) is 3.50. The Morgan fingerprint density at radius 2 is 1.94 bits per heavy atom. The molecule has 0 spiro atoms. The molecule has 0 fully saturated rings. The maximum absolute atomic E-state index is 12.8. The van der Waals surface area contributed by atoms with E-state index in [1.807, 2.05) is 12.1 Å². The summed E-state index contributed by atoms with van der Waals surface area (Å²) >= 11 is 0. The molecule has 2 nitrogen and oxygen atoms in total. The first-order valence-corrected chi connectivity index (χ1v) is 6.32. The number of benzene rings is 1. The first-order valence-electron chi connectivity index (χ1n) is 6.32. The lowest BCUT2D eigenvalue weighted by molar-refractivity contribution is 0.570. The summed E-state index contributed by atoms with van der Waals surface area (Å²) in [6.07, 6.45) is 4.23. The van der Waals surface area contributed by atoms with Crippen molar-refractivity contribution in [3.8, 4) is 0 Å². The molecule has 1 aromatic heterocycles. The quantitative estimate of drug-likeness (QED) is 0.854. The van der Waals surface area contributed by atoms with Crippen LogP contribution in [0.5, 0.6) is 0 Å². The van der Waals surface area contributed by atoms with Crippen LogP contribution < -0.4 is 5.32 Å². The van der Waals surface area contributed by atoms with Gasteiger partial charge in [0, 0.05) is 31.5 Å². The predicted molar refractivity (Wildman–Crippen MR) is 71.8 cm³/mol. The van der Waals surface area contributed by atoms with Crippen LogP contribution in [0.1, 0.15) is 31.0 Å². The SMILES string of the molecule is CCn1ccc(CN[C@@H](C)c2ccc(F)cc2)c1. The largest absolute Gasteiger partial charge is 0.354 e. The van der Waals surface area contributed by atoms with Crippen molar-refractivity contribution >= 4 is 0 Å². The molecule has 0 aliphatic rings. The Balaban J connectivity index is 1.91. The Morgan fingerprint density at radius 3 is 2.56 bits per heavy atom. The van der Waals surface area contributed by atoms with Gasteiger partial charge in [0.05, 0.1) is 0 Å². The fraction of sp³-hybridized carbons (Fsp3) is 0.333. The number of nitrogens with zero attached hydrogens (tertiary/aromatic N) is 1. The van der Waals surface area contributed by atoms with Crippen LogP contribution >= 0.6 is 0 Å². The van der Waals surface area contributed by atoms with Crippen LogP contribution in [0.2, 0.25) is 0 Å². The third-order valence-electron chi connectivity index (χ3n) is 3.16. The molecule has 0 aliphatic heterocycles. The van der Waals surface area contributed by atoms with Crippen LogP contribution in [0.15, 0.2) is 42.7 Å². The zero-order valence-electron chi connectivity index (χ0n) is 10.9. The first-order chi connectivity index (χ1) is 8.69. The Kier molecular flexibility index (Phi) is 4.15. The molecule has 0 amide bonds. The fourth-order valence-corrected chi connectivity index (χ4v) is 1.93. The number of hydrogen-bond donors (Lipinski definition) is 1. The zero-order valence-corrected chi connectivity index (χ0v) is 10.9. The van der Waals surface area contributed by atoms with Gasteiger partial charge in [-0.15, -0.1) is 0 Å². The van der Waals surface area contributed by atoms with E-state index in [1.165, 1.54) is 17.7 Å². The van der Waals surface area contributed by atoms with Crippen molar-refractivity contribution < 1.29 is 4.39 Å². The summed E-state index contributed by atoms with van der Waals surface area (Å²) in [4.78, 5) is 0. The van der Waals surface area contributed by atoms with E-state index in [2.05, 4.69) is 42.2 Å². The van der Waals surface area contributed by atoms with Gasteiger partial charge in [-0.1, -0.05) is 12.1 Å². The van der Waals surface area contributed by atoms with E-state index in [1.54, 1.807) is 0 Å². The summed E-state index contributed by atoms with van der Waals surface area (Å²) in [5.74, 6) is -0.189. The van der Waals surface area contributed by atoms with Crippen LogP contribution in [0.3, 0.4) is 0 Å². The summed E-state index contributed by atoms with van der Waals surface area (Å²) < 4.78 is 15.0. The molecule has 3 heteroatoms. The molecule has 1 heterocycles. The van der Waals surface area contributed by atoms with Crippen LogP contribution in [-0.2, 0) is 13.1 Å². The highest BCUT2D eigenvalue weighted by molar-refractivity contribution is 5.19. The lowest BCUT2D eigenvalue weighted by atomic mass is 10.1. The average molecular weight is 246 g/mol. The number of rotatable bonds is 5. The van der Waals surface area contributed by atoms with Crippen LogP contribution in [0, 0.1) is 5.82 Å². The minimum Gasteiger partial charge on any atom is -0.354 e. The molecule has 0 bridgehead atoms. The summed E-state index contributed by atoms with van der Waals surface area (Å²) in [5, 5.41) is 3.44. The molecule has 0 aliphatic carbocycles. The van der Waals surface area contributed by atoms with E-state index in [-0.39, 0.29) is 11.9 Å². The molecule has 1 atom stereocenters. The van der Waals surface area contributed by atoms with Crippen LogP contribution in [-0.4, -0.2) is 4.57 Å². The van der Waals surface area contributed by atoms with Gasteiger partial charge in [0.2, 0.25) is 0 Å². The molecule has 0 saturated carbocycles. The lowest BCUT2D eigenvalue weighted by Gasteiger charge is -2.13. The molecule has 1 N–H and O–H groups in total. The van der Waals surface area contributed by atoms with E-state index in [4.69, 9.17) is 0 Å². The van der Waals surface area contributed by atoms with Gasteiger partial charge in [0.15, 0.2) is 0 Å². The number of aromatic nitrogens is 1. The third-order valence-corrected chi connectivity index (χ3v) is 3.16. The van der Waals surface area contributed by atoms with Crippen molar-refractivity contribution in [3.05, 3.63) is 59.7 Å². The second-order valence-electron chi connectivity index (χ2n) is 4.50. The van der Waals surface area contributed by atoms with Crippen molar-refractivity contribution in [1.29, 1.82) is 0 Å². The monoisotopic (exact) mass is 246 g/mol. The van der Waals surface area contributed by atoms with Gasteiger partial charge in [0.25, 0.3) is 0 Å². The van der Waals surface area contributed by atoms with Gasteiger partial charge in [0.1, 0.15) is 5.82 Å². The minimum atomic E-state index is -0.189. The Hall–Kier alpha value is -1.61. The van der Waals surface area contributed by atoms with Crippen molar-refractivity contribution in [2.75, 3.05) is 0 Å². The molecule has 0 saturated heterocycles. The van der Waals surface area contributed by atoms with Gasteiger partial charge >= 0.3 is 0 Å². The molecular formula is C15H19FN2. The summed E-state index contributed by atoms with van der Waals surface area (Å²) in [6.45, 7) is 6.03. The van der Waals surface area contributed by atoms with Crippen molar-refractivity contribution in [3.63, 3.8) is 0 Å². The standard InChI is InChI=1S/C15H19FN2/c1-3-18-9-8-13(11-18)10-17-12(2)14-4-6-15(16)7-5-14/h4-9,11-12,17H,3,10H2,1-2H3/t12-/m0/s1. The number of aryl methyl sites for hydroxylation is 1. The molecule has 2 rings (SSSR count). The van der Waals surface area contributed by atoms with Gasteiger partial charge in [-0.05, 0) is 43.2 Å². The zero-order chi connectivity index (χ0) is 13.0. The van der Waals surface area contributed by atoms with E-state index >= 15 is 0 Å². The molecule has 0 radical (unpaired) electrons. The third kappa shape index (κ3) is 3.20. The van der Waals surface area contributed by atoms with Crippen LogP contribution in [0.25, 0.3) is 0 Å². The van der Waals surface area contributed by atoms with Gasteiger partial charge in [-0.2, -0.15) is 0 Å². The second-order valence-corrected chi connectivity index (χ2v) is 4.50. The Bertz CT molecular complexity index is 487. The van der Waals surface area contributed by atoms with Gasteiger partial charge < -0.3 is 9.88 Å². The van der Waals surface area contributed by atoms with E-state index in [0.717, 1.165) is 18.7 Å². The maximum atomic E-state index is 12.8. The van der Waals surface area contributed by atoms with E-state index < -0.39 is 0 Å². The number of halogens is 1. The average Bonchev–Trinajstić information content (AvgIpc) is 2.85. The highest BCUT2D eigenvalue weighted by Crippen LogP contribution is 2.13. The Morgan fingerprint density at radius 1 is 1.22 bits per heavy atom. The molecule has 0 unspecified atom stereocenters. The smallest absolute Gasteiger partial charge is 0.123 e. The molecular weight excluding hydrogens is 227 g/mol. The molecule has 1 aromatic carbocycles. The maximum Gasteiger partial charge on any atom is 0.123 e. The highest BCUT2D eigenvalue weighted by atomic mass is 19.1. The first kappa shape index (κ1) is 12.8. The molecule has 18 heavy (non-hydrogen) atoms. The van der Waals surface area contributed by atoms with E-state index in [9.17, 15) is 4.39 Å². The topological polar surface area (TPSA) is 17.0 Å². The van der Waals surface area contributed by atoms with Gasteiger partial charge in [-0.3, -0.25) is 0 Å². The van der Waals surface area contributed by atoms with Crippen LogP contribution in [0.4, 0.5) is 4.39 Å². The lowest BCUT2D eigenvalue weighted by Crippen LogP contribution is -2.17. The Labute approximate surface area is 107 Å². The van der Waals surface area contributed by atoms with Gasteiger partial charge in [-0.25, -0.2) is 4.39 Å². The van der Waals surface area contributed by atoms with Crippen molar-refractivity contribution in [1.82, 2.24) is 9.88 Å². The number of nitrogens with one attached hydrogen (secondary N) is 1. The van der Waals surface area contributed by atoms with Crippen molar-refractivity contribution in [2.45, 2.75) is 33.0 Å². The molecule has 2 aromatic rings. The molecule has 96 valence electrons. The van der Waals surface area contributed by atoms with Crippen molar-refractivity contribution in [2.24, 2.45) is 0 Å². The highest BCUT2D eigenvalue weighted by Gasteiger charge is 2.05. The fourth-order valence-electron chi connectivity index (χ4n) is 1.93. The summed E-state index contributed by atoms with van der Waals surface area (Å²) in [7, 11) is 0. The van der Waals surface area contributed by atoms with E-state index in [0.29, 0.717) is 0 Å². The summed E-state index contributed by atoms with van der Waals surface area (Å²) in [5.41, 5.74) is 2.37. The minimum absolute atomic E-state index is 0.189. The summed E-state index contributed by atoms with van der Waals surface area (Å²) in [6, 6.07) is 8.99. The number of hydrogen-bond acceptors (Lipinski definition) is 1.